The molecule has 5 rings (SSSR count). The van der Waals surface area contributed by atoms with Gasteiger partial charge in [-0.15, -0.1) is 0 Å². The maximum atomic E-state index is 13.9. The van der Waals surface area contributed by atoms with Gasteiger partial charge in [0, 0.05) is 22.6 Å². The zero-order valence-corrected chi connectivity index (χ0v) is 22.6. The second-order valence-corrected chi connectivity index (χ2v) is 12.8. The molecular weight excluding hydrogens is 472 g/mol. The predicted molar refractivity (Wildman–Crippen MR) is 135 cm³/mol. The molecule has 8 nitrogen and oxygen atoms in total. The zero-order valence-electron chi connectivity index (χ0n) is 22.6. The van der Waals surface area contributed by atoms with E-state index in [1.807, 2.05) is 47.6 Å². The van der Waals surface area contributed by atoms with Crippen molar-refractivity contribution in [1.82, 2.24) is 9.80 Å². The number of carbonyl (C=O) groups excluding carboxylic acids is 4. The van der Waals surface area contributed by atoms with Gasteiger partial charge in [0.15, 0.2) is 11.5 Å². The molecule has 37 heavy (non-hydrogen) atoms. The van der Waals surface area contributed by atoms with E-state index >= 15 is 0 Å². The number of phenols is 1. The second-order valence-electron chi connectivity index (χ2n) is 12.8. The first-order valence-electron chi connectivity index (χ1n) is 13.0. The molecule has 4 aliphatic rings. The molecule has 8 heteroatoms. The normalized spacial score (nSPS) is 31.8. The summed E-state index contributed by atoms with van der Waals surface area (Å²) in [6.07, 6.45) is 2.70. The van der Waals surface area contributed by atoms with Crippen LogP contribution in [0.4, 0.5) is 0 Å². The Kier molecular flexibility index (Phi) is 5.63. The molecule has 198 valence electrons. The number of methoxy groups -OCH3 is 1. The molecule has 2 saturated heterocycles. The number of benzene rings is 1. The molecular formula is C29H36N2O6. The van der Waals surface area contributed by atoms with Crippen LogP contribution in [0.5, 0.6) is 11.5 Å². The van der Waals surface area contributed by atoms with Gasteiger partial charge in [-0.25, -0.2) is 0 Å². The van der Waals surface area contributed by atoms with Crippen LogP contribution in [0.2, 0.25) is 0 Å². The Hall–Kier alpha value is -3.16. The Labute approximate surface area is 217 Å². The monoisotopic (exact) mass is 508 g/mol. The average Bonchev–Trinajstić information content (AvgIpc) is 3.21. The summed E-state index contributed by atoms with van der Waals surface area (Å²) < 4.78 is 5.36. The quantitative estimate of drug-likeness (QED) is 0.483. The number of nitrogens with zero attached hydrogens (tertiary/aromatic N) is 2. The Morgan fingerprint density at radius 2 is 1.38 bits per heavy atom. The summed E-state index contributed by atoms with van der Waals surface area (Å²) in [5, 5.41) is 11.2. The number of amides is 4. The van der Waals surface area contributed by atoms with Crippen molar-refractivity contribution in [3.8, 4) is 11.5 Å². The fourth-order valence-electron chi connectivity index (χ4n) is 7.21. The zero-order chi connectivity index (χ0) is 27.2. The molecule has 2 heterocycles. The Bertz CT molecular complexity index is 1240. The van der Waals surface area contributed by atoms with E-state index in [1.54, 1.807) is 18.2 Å². The Balaban J connectivity index is 1.68. The third-order valence-electron chi connectivity index (χ3n) is 8.58. The number of carbonyl (C=O) groups is 4. The van der Waals surface area contributed by atoms with Crippen molar-refractivity contribution in [3.05, 3.63) is 35.4 Å². The second kappa shape index (κ2) is 8.17. The number of aromatic hydroxyl groups is 1. The molecule has 0 radical (unpaired) electrons. The number of para-hydroxylation sites is 1. The van der Waals surface area contributed by atoms with Gasteiger partial charge in [0.2, 0.25) is 23.6 Å². The Morgan fingerprint density at radius 1 is 0.811 bits per heavy atom. The molecule has 0 spiro atoms. The topological polar surface area (TPSA) is 104 Å². The van der Waals surface area contributed by atoms with Crippen LogP contribution in [0.25, 0.3) is 0 Å². The first-order chi connectivity index (χ1) is 17.2. The van der Waals surface area contributed by atoms with Gasteiger partial charge in [0.05, 0.1) is 30.8 Å². The van der Waals surface area contributed by atoms with Crippen molar-refractivity contribution in [1.29, 1.82) is 0 Å². The molecule has 6 atom stereocenters. The van der Waals surface area contributed by atoms with Crippen molar-refractivity contribution in [3.63, 3.8) is 0 Å². The van der Waals surface area contributed by atoms with Crippen molar-refractivity contribution < 1.29 is 29.0 Å². The van der Waals surface area contributed by atoms with Gasteiger partial charge in [0.25, 0.3) is 0 Å². The third kappa shape index (κ3) is 3.55. The van der Waals surface area contributed by atoms with Crippen LogP contribution < -0.4 is 4.74 Å². The highest BCUT2D eigenvalue weighted by atomic mass is 16.5. The van der Waals surface area contributed by atoms with E-state index in [-0.39, 0.29) is 41.0 Å². The van der Waals surface area contributed by atoms with Gasteiger partial charge in [-0.3, -0.25) is 29.0 Å². The van der Waals surface area contributed by atoms with E-state index in [0.717, 1.165) is 5.57 Å². The summed E-state index contributed by atoms with van der Waals surface area (Å²) in [7, 11) is 1.46. The van der Waals surface area contributed by atoms with Crippen LogP contribution in [-0.4, -0.2) is 56.7 Å². The summed E-state index contributed by atoms with van der Waals surface area (Å²) >= 11 is 0. The number of hydrogen-bond donors (Lipinski definition) is 1. The van der Waals surface area contributed by atoms with E-state index in [1.165, 1.54) is 16.9 Å². The lowest BCUT2D eigenvalue weighted by Crippen LogP contribution is -2.47. The lowest BCUT2D eigenvalue weighted by atomic mass is 9.57. The fourth-order valence-corrected chi connectivity index (χ4v) is 7.21. The minimum atomic E-state index is -0.712. The molecule has 3 fully saturated rings. The maximum absolute atomic E-state index is 13.9. The van der Waals surface area contributed by atoms with Gasteiger partial charge < -0.3 is 9.84 Å². The van der Waals surface area contributed by atoms with Crippen LogP contribution in [0.3, 0.4) is 0 Å². The van der Waals surface area contributed by atoms with Gasteiger partial charge >= 0.3 is 0 Å². The summed E-state index contributed by atoms with van der Waals surface area (Å²) in [6, 6.07) is 5.16. The van der Waals surface area contributed by atoms with E-state index in [4.69, 9.17) is 4.74 Å². The number of hydrogen-bond acceptors (Lipinski definition) is 6. The number of imide groups is 2. The van der Waals surface area contributed by atoms with Crippen LogP contribution in [-0.2, 0) is 19.2 Å². The average molecular weight is 509 g/mol. The minimum absolute atomic E-state index is 0.0722. The number of ether oxygens (including phenoxy) is 1. The highest BCUT2D eigenvalue weighted by Crippen LogP contribution is 2.60. The van der Waals surface area contributed by atoms with Crippen LogP contribution in [0, 0.1) is 29.6 Å². The van der Waals surface area contributed by atoms with E-state index in [0.29, 0.717) is 18.4 Å². The molecule has 1 aromatic carbocycles. The predicted octanol–water partition coefficient (Wildman–Crippen LogP) is 3.63. The van der Waals surface area contributed by atoms with E-state index < -0.39 is 40.7 Å². The minimum Gasteiger partial charge on any atom is -0.504 e. The summed E-state index contributed by atoms with van der Waals surface area (Å²) in [6.45, 7) is 11.1. The lowest BCUT2D eigenvalue weighted by molar-refractivity contribution is -0.147. The van der Waals surface area contributed by atoms with Crippen molar-refractivity contribution in [2.24, 2.45) is 29.6 Å². The first-order valence-corrected chi connectivity index (χ1v) is 13.0. The number of fused-ring (bicyclic) bond motifs is 4. The molecule has 1 aromatic rings. The summed E-state index contributed by atoms with van der Waals surface area (Å²) in [4.78, 5) is 57.5. The molecule has 0 bridgehead atoms. The van der Waals surface area contributed by atoms with E-state index in [9.17, 15) is 24.3 Å². The molecule has 4 amide bonds. The lowest BCUT2D eigenvalue weighted by Gasteiger charge is -2.44. The SMILES string of the molecule is COc1cccc([C@H]2C3=CC[C@@H]4C(=O)N(C(C)(C)C)C(=O)[C@@H]4[C@@H]3C[C@H]3C(=O)N(C(C)(C)C)C(=O)[C@@H]23)c1O. The van der Waals surface area contributed by atoms with Crippen LogP contribution >= 0.6 is 0 Å². The first kappa shape index (κ1) is 25.5. The smallest absolute Gasteiger partial charge is 0.234 e. The molecule has 0 unspecified atom stereocenters. The molecule has 0 aromatic heterocycles. The number of likely N-dealkylation sites (tertiary alicyclic amines) is 2. The summed E-state index contributed by atoms with van der Waals surface area (Å²) in [5.41, 5.74) is -0.00307. The van der Waals surface area contributed by atoms with Crippen LogP contribution in [0.15, 0.2) is 29.8 Å². The number of rotatable bonds is 2. The molecule has 2 aliphatic heterocycles. The fraction of sp³-hybridized carbons (Fsp3) is 0.586. The van der Waals surface area contributed by atoms with Crippen molar-refractivity contribution in [2.45, 2.75) is 71.4 Å². The highest BCUT2D eigenvalue weighted by Gasteiger charge is 2.63. The highest BCUT2D eigenvalue weighted by molar-refractivity contribution is 6.08. The van der Waals surface area contributed by atoms with Crippen molar-refractivity contribution in [2.75, 3.05) is 7.11 Å². The Morgan fingerprint density at radius 3 is 1.95 bits per heavy atom. The number of phenolic OH excluding ortho intramolecular Hbond substituents is 1. The van der Waals surface area contributed by atoms with Crippen LogP contribution in [0.1, 0.15) is 65.9 Å². The third-order valence-corrected chi connectivity index (χ3v) is 8.58. The van der Waals surface area contributed by atoms with Gasteiger partial charge in [-0.05, 0) is 66.4 Å². The maximum Gasteiger partial charge on any atom is 0.234 e. The van der Waals surface area contributed by atoms with E-state index in [2.05, 4.69) is 0 Å². The van der Waals surface area contributed by atoms with Gasteiger partial charge in [-0.2, -0.15) is 0 Å². The standard InChI is InChI=1S/C29H36N2O6/c1-28(2,3)30-24(33)16-12-11-14-17(21(16)26(30)35)13-18-22(27(36)31(25(18)34)29(4,5)6)20(14)15-9-8-10-19(37-7)23(15)32/h8-11,16-18,20-22,32H,12-13H2,1-7H3/t16-,17+,18+,20+,21-,22+/m0/s1. The molecule has 1 N–H and O–H groups in total. The summed E-state index contributed by atoms with van der Waals surface area (Å²) in [5.74, 6) is -4.09. The van der Waals surface area contributed by atoms with Gasteiger partial charge in [-0.1, -0.05) is 23.8 Å². The molecule has 1 saturated carbocycles. The number of allylic oxidation sites excluding steroid dienone is 2. The van der Waals surface area contributed by atoms with Gasteiger partial charge in [0.1, 0.15) is 0 Å². The van der Waals surface area contributed by atoms with Crippen molar-refractivity contribution >= 4 is 23.6 Å². The largest absolute Gasteiger partial charge is 0.504 e. The molecule has 2 aliphatic carbocycles.